The van der Waals surface area contributed by atoms with E-state index in [1.165, 1.54) is 0 Å². The van der Waals surface area contributed by atoms with Gasteiger partial charge < -0.3 is 31.2 Å². The van der Waals surface area contributed by atoms with Gasteiger partial charge in [0.2, 0.25) is 18.0 Å². The van der Waals surface area contributed by atoms with E-state index in [0.717, 1.165) is 12.1 Å². The molecule has 0 heterocycles. The second kappa shape index (κ2) is 12.7. The summed E-state index contributed by atoms with van der Waals surface area (Å²) in [4.78, 5) is 61.2. The molecular formula is C23H20F4N2O9. The maximum absolute atomic E-state index is 14.2. The van der Waals surface area contributed by atoms with Gasteiger partial charge in [-0.05, 0) is 24.3 Å². The SMILES string of the molecule is N[C@@H](CC(=O)O)C(=O)C(Oc1c(F)cccc1F)C(=O)C(Oc1c(F)cccc1F)C(=O)[C@@H](N)CC(=O)O. The van der Waals surface area contributed by atoms with E-state index < -0.39 is 101 Å². The Bertz CT molecular complexity index is 1120. The van der Waals surface area contributed by atoms with Gasteiger partial charge in [0, 0.05) is 0 Å². The highest BCUT2D eigenvalue weighted by atomic mass is 19.1. The molecule has 2 rings (SSSR count). The summed E-state index contributed by atoms with van der Waals surface area (Å²) >= 11 is 0. The van der Waals surface area contributed by atoms with Crippen molar-refractivity contribution >= 4 is 29.3 Å². The Morgan fingerprint density at radius 2 is 0.921 bits per heavy atom. The van der Waals surface area contributed by atoms with Crippen LogP contribution in [-0.4, -0.2) is 63.8 Å². The zero-order valence-electron chi connectivity index (χ0n) is 19.1. The fourth-order valence-electron chi connectivity index (χ4n) is 3.04. The number of ether oxygens (including phenoxy) is 2. The van der Waals surface area contributed by atoms with Gasteiger partial charge in [0.05, 0.1) is 24.9 Å². The largest absolute Gasteiger partial charge is 0.481 e. The minimum atomic E-state index is -2.77. The van der Waals surface area contributed by atoms with E-state index >= 15 is 0 Å². The molecule has 0 bridgehead atoms. The third kappa shape index (κ3) is 7.33. The minimum Gasteiger partial charge on any atom is -0.481 e. The second-order valence-electron chi connectivity index (χ2n) is 7.71. The van der Waals surface area contributed by atoms with Crippen LogP contribution in [0.25, 0.3) is 0 Å². The lowest BCUT2D eigenvalue weighted by molar-refractivity contribution is -0.149. The summed E-state index contributed by atoms with van der Waals surface area (Å²) in [7, 11) is 0. The molecule has 0 aliphatic rings. The van der Waals surface area contributed by atoms with Crippen molar-refractivity contribution in [3.8, 4) is 11.5 Å². The van der Waals surface area contributed by atoms with E-state index in [9.17, 15) is 41.5 Å². The zero-order valence-corrected chi connectivity index (χ0v) is 19.1. The summed E-state index contributed by atoms with van der Waals surface area (Å²) in [5.74, 6) is -16.7. The van der Waals surface area contributed by atoms with Crippen molar-refractivity contribution in [1.82, 2.24) is 0 Å². The molecular weight excluding hydrogens is 524 g/mol. The number of Topliss-reactive ketones (excluding diaryl/α,β-unsaturated/α-hetero) is 3. The molecule has 0 radical (unpaired) electrons. The third-order valence-corrected chi connectivity index (χ3v) is 4.86. The second-order valence-corrected chi connectivity index (χ2v) is 7.71. The first-order valence-electron chi connectivity index (χ1n) is 10.5. The van der Waals surface area contributed by atoms with Crippen molar-refractivity contribution in [2.75, 3.05) is 0 Å². The summed E-state index contributed by atoms with van der Waals surface area (Å²) in [5.41, 5.74) is 11.0. The lowest BCUT2D eigenvalue weighted by Gasteiger charge is -2.26. The van der Waals surface area contributed by atoms with Crippen LogP contribution >= 0.6 is 0 Å². The van der Waals surface area contributed by atoms with Crippen molar-refractivity contribution in [3.63, 3.8) is 0 Å². The predicted molar refractivity (Wildman–Crippen MR) is 117 cm³/mol. The van der Waals surface area contributed by atoms with Gasteiger partial charge in [0.1, 0.15) is 0 Å². The number of nitrogens with two attached hydrogens (primary N) is 2. The molecule has 0 aliphatic heterocycles. The first-order chi connectivity index (χ1) is 17.7. The minimum absolute atomic E-state index is 0.665. The van der Waals surface area contributed by atoms with Crippen molar-refractivity contribution in [1.29, 1.82) is 0 Å². The molecule has 0 saturated heterocycles. The van der Waals surface area contributed by atoms with E-state index in [4.69, 9.17) is 31.2 Å². The van der Waals surface area contributed by atoms with Gasteiger partial charge in [0.25, 0.3) is 0 Å². The Hall–Kier alpha value is -4.37. The van der Waals surface area contributed by atoms with E-state index in [1.54, 1.807) is 0 Å². The highest BCUT2D eigenvalue weighted by Gasteiger charge is 2.44. The number of carboxylic acid groups (broad SMARTS) is 2. The molecule has 6 N–H and O–H groups in total. The van der Waals surface area contributed by atoms with Gasteiger partial charge >= 0.3 is 11.9 Å². The molecule has 0 spiro atoms. The maximum atomic E-state index is 14.2. The number of carboxylic acids is 2. The smallest absolute Gasteiger partial charge is 0.305 e. The fraction of sp³-hybridized carbons (Fsp3) is 0.261. The number of ketones is 3. The van der Waals surface area contributed by atoms with Crippen LogP contribution in [0.5, 0.6) is 11.5 Å². The molecule has 2 aromatic carbocycles. The quantitative estimate of drug-likeness (QED) is 0.193. The maximum Gasteiger partial charge on any atom is 0.305 e. The lowest BCUT2D eigenvalue weighted by Crippen LogP contribution is -2.55. The van der Waals surface area contributed by atoms with Crippen molar-refractivity contribution < 1.29 is 61.2 Å². The Balaban J connectivity index is 2.63. The topological polar surface area (TPSA) is 196 Å². The molecule has 0 fully saturated rings. The van der Waals surface area contributed by atoms with E-state index in [-0.39, 0.29) is 0 Å². The molecule has 0 amide bonds. The van der Waals surface area contributed by atoms with Crippen LogP contribution in [0.3, 0.4) is 0 Å². The number of carbonyl (C=O) groups excluding carboxylic acids is 3. The molecule has 0 saturated carbocycles. The Morgan fingerprint density at radius 1 is 0.632 bits per heavy atom. The number of carbonyl (C=O) groups is 5. The lowest BCUT2D eigenvalue weighted by atomic mass is 9.94. The summed E-state index contributed by atoms with van der Waals surface area (Å²) in [6.45, 7) is 0. The summed E-state index contributed by atoms with van der Waals surface area (Å²) in [5, 5.41) is 17.9. The van der Waals surface area contributed by atoms with Crippen LogP contribution in [0.15, 0.2) is 36.4 Å². The van der Waals surface area contributed by atoms with E-state index in [1.807, 2.05) is 0 Å². The van der Waals surface area contributed by atoms with Crippen molar-refractivity contribution in [3.05, 3.63) is 59.7 Å². The first kappa shape index (κ1) is 29.9. The van der Waals surface area contributed by atoms with Crippen LogP contribution < -0.4 is 20.9 Å². The van der Waals surface area contributed by atoms with Crippen LogP contribution in [0, 0.1) is 23.3 Å². The average Bonchev–Trinajstić information content (AvgIpc) is 2.82. The molecule has 0 aromatic heterocycles. The number of hydrogen-bond donors (Lipinski definition) is 4. The van der Waals surface area contributed by atoms with Gasteiger partial charge in [-0.3, -0.25) is 24.0 Å². The number of rotatable bonds is 14. The van der Waals surface area contributed by atoms with Crippen molar-refractivity contribution in [2.24, 2.45) is 11.5 Å². The normalized spacial score (nSPS) is 14.1. The van der Waals surface area contributed by atoms with Gasteiger partial charge in [-0.15, -0.1) is 0 Å². The highest BCUT2D eigenvalue weighted by Crippen LogP contribution is 2.26. The van der Waals surface area contributed by atoms with Crippen LogP contribution in [0.2, 0.25) is 0 Å². The molecule has 2 aromatic rings. The summed E-state index contributed by atoms with van der Waals surface area (Å²) in [6.07, 6.45) is -7.75. The van der Waals surface area contributed by atoms with Crippen molar-refractivity contribution in [2.45, 2.75) is 37.1 Å². The number of halogens is 4. The standard InChI is InChI=1S/C23H20F4N2O9/c24-9-3-1-4-10(25)20(9)37-22(17(34)13(28)7-15(30)31)19(36)23(18(35)14(29)8-16(32)33)38-21-11(26)5-2-6-12(21)27/h1-6,13-14,22-23H,7-8,28-29H2,(H,30,31)(H,32,33)/t13-,14-,22?,23?/m0/s1. The summed E-state index contributed by atoms with van der Waals surface area (Å²) < 4.78 is 66.7. The highest BCUT2D eigenvalue weighted by molar-refractivity contribution is 6.18. The monoisotopic (exact) mass is 544 g/mol. The molecule has 15 heteroatoms. The Kier molecular flexibility index (Phi) is 10.0. The number of aliphatic carboxylic acids is 2. The molecule has 38 heavy (non-hydrogen) atoms. The molecule has 204 valence electrons. The molecule has 2 unspecified atom stereocenters. The van der Waals surface area contributed by atoms with Gasteiger partial charge in [-0.2, -0.15) is 0 Å². The Morgan fingerprint density at radius 3 is 1.18 bits per heavy atom. The number of hydrogen-bond acceptors (Lipinski definition) is 9. The Labute approximate surface area is 210 Å². The third-order valence-electron chi connectivity index (χ3n) is 4.86. The number of para-hydroxylation sites is 2. The van der Waals surface area contributed by atoms with E-state index in [2.05, 4.69) is 0 Å². The zero-order chi connectivity index (χ0) is 28.7. The van der Waals surface area contributed by atoms with E-state index in [0.29, 0.717) is 24.3 Å². The van der Waals surface area contributed by atoms with Crippen LogP contribution in [-0.2, 0) is 24.0 Å². The van der Waals surface area contributed by atoms with Crippen LogP contribution in [0.1, 0.15) is 12.8 Å². The van der Waals surface area contributed by atoms with Gasteiger partial charge in [-0.25, -0.2) is 17.6 Å². The summed E-state index contributed by atoms with van der Waals surface area (Å²) in [6, 6.07) is 0.378. The number of benzene rings is 2. The first-order valence-corrected chi connectivity index (χ1v) is 10.5. The van der Waals surface area contributed by atoms with Gasteiger partial charge in [0.15, 0.2) is 46.3 Å². The predicted octanol–water partition coefficient (Wildman–Crippen LogP) is 0.749. The average molecular weight is 544 g/mol. The van der Waals surface area contributed by atoms with Gasteiger partial charge in [-0.1, -0.05) is 12.1 Å². The van der Waals surface area contributed by atoms with Crippen LogP contribution in [0.4, 0.5) is 17.6 Å². The molecule has 11 nitrogen and oxygen atoms in total. The molecule has 4 atom stereocenters. The molecule has 0 aliphatic carbocycles. The fourth-order valence-corrected chi connectivity index (χ4v) is 3.04.